The fourth-order valence-corrected chi connectivity index (χ4v) is 3.83. The third-order valence-electron chi connectivity index (χ3n) is 5.84. The number of carboxylic acids is 1. The number of carboxylic acid groups (broad SMARTS) is 1. The molecule has 0 heterocycles. The number of phenols is 2. The fourth-order valence-electron chi connectivity index (χ4n) is 3.83. The Hall–Kier alpha value is -3.02. The lowest BCUT2D eigenvalue weighted by Gasteiger charge is -2.42. The molecule has 1 aliphatic carbocycles. The molecule has 0 bridgehead atoms. The van der Waals surface area contributed by atoms with Gasteiger partial charge < -0.3 is 20.1 Å². The fraction of sp³-hybridized carbons (Fsp3) is 0.391. The number of rotatable bonds is 5. The summed E-state index contributed by atoms with van der Waals surface area (Å²) in [5.41, 5.74) is 1.87. The maximum absolute atomic E-state index is 12.7. The van der Waals surface area contributed by atoms with Gasteiger partial charge in [-0.15, -0.1) is 0 Å². The molecule has 2 aromatic carbocycles. The van der Waals surface area contributed by atoms with Crippen LogP contribution in [0.15, 0.2) is 30.3 Å². The average Bonchev–Trinajstić information content (AvgIpc) is 2.63. The summed E-state index contributed by atoms with van der Waals surface area (Å²) in [6, 6.07) is 7.18. The van der Waals surface area contributed by atoms with E-state index in [1.165, 1.54) is 12.1 Å². The van der Waals surface area contributed by atoms with E-state index in [0.29, 0.717) is 0 Å². The predicted molar refractivity (Wildman–Crippen MR) is 108 cm³/mol. The number of carbonyl (C=O) groups is 2. The number of aromatic carboxylic acids is 1. The second-order valence-electron chi connectivity index (χ2n) is 8.88. The molecule has 3 rings (SSSR count). The number of ketones is 1. The van der Waals surface area contributed by atoms with Crippen molar-refractivity contribution in [2.24, 2.45) is 0 Å². The van der Waals surface area contributed by atoms with Crippen molar-refractivity contribution in [3.63, 3.8) is 0 Å². The summed E-state index contributed by atoms with van der Waals surface area (Å²) in [5, 5.41) is 29.2. The lowest BCUT2D eigenvalue weighted by Crippen LogP contribution is -2.34. The number of Topliss-reactive ketones (excluding diaryl/α,β-unsaturated/α-hetero) is 1. The summed E-state index contributed by atoms with van der Waals surface area (Å²) in [6.45, 7) is 8.20. The summed E-state index contributed by atoms with van der Waals surface area (Å²) in [6.07, 6.45) is 1.98. The Bertz CT molecular complexity index is 987. The van der Waals surface area contributed by atoms with Crippen LogP contribution in [0.25, 0.3) is 0 Å². The second kappa shape index (κ2) is 7.10. The van der Waals surface area contributed by atoms with Crippen LogP contribution < -0.4 is 4.74 Å². The normalized spacial score (nSPS) is 16.7. The lowest BCUT2D eigenvalue weighted by atomic mass is 9.63. The van der Waals surface area contributed by atoms with E-state index in [2.05, 4.69) is 27.7 Å². The molecular weight excluding hydrogens is 372 g/mol. The van der Waals surface area contributed by atoms with Crippen LogP contribution in [0.3, 0.4) is 0 Å². The minimum atomic E-state index is -1.25. The Balaban J connectivity index is 1.85. The van der Waals surface area contributed by atoms with E-state index in [9.17, 15) is 19.8 Å². The molecule has 0 spiro atoms. The molecule has 6 heteroatoms. The Labute approximate surface area is 169 Å². The highest BCUT2D eigenvalue weighted by Crippen LogP contribution is 2.47. The number of benzene rings is 2. The van der Waals surface area contributed by atoms with Crippen molar-refractivity contribution in [1.82, 2.24) is 0 Å². The van der Waals surface area contributed by atoms with Gasteiger partial charge in [0, 0.05) is 6.07 Å². The van der Waals surface area contributed by atoms with E-state index < -0.39 is 17.5 Å². The molecule has 0 unspecified atom stereocenters. The van der Waals surface area contributed by atoms with E-state index in [1.807, 2.05) is 0 Å². The summed E-state index contributed by atoms with van der Waals surface area (Å²) >= 11 is 0. The molecule has 1 aliphatic rings. The number of carbonyl (C=O) groups excluding carboxylic acids is 1. The third kappa shape index (κ3) is 3.92. The van der Waals surface area contributed by atoms with E-state index in [1.54, 1.807) is 12.1 Å². The van der Waals surface area contributed by atoms with Crippen LogP contribution in [-0.2, 0) is 10.8 Å². The zero-order valence-corrected chi connectivity index (χ0v) is 17.1. The lowest BCUT2D eigenvalue weighted by molar-refractivity contribution is 0.0693. The van der Waals surface area contributed by atoms with Gasteiger partial charge in [-0.1, -0.05) is 27.7 Å². The van der Waals surface area contributed by atoms with Crippen LogP contribution in [0.5, 0.6) is 17.2 Å². The zero-order valence-electron chi connectivity index (χ0n) is 17.1. The molecule has 2 aromatic rings. The van der Waals surface area contributed by atoms with Crippen molar-refractivity contribution >= 4 is 11.8 Å². The summed E-state index contributed by atoms with van der Waals surface area (Å²) in [7, 11) is 0. The average molecular weight is 398 g/mol. The van der Waals surface area contributed by atoms with E-state index in [4.69, 9.17) is 9.84 Å². The monoisotopic (exact) mass is 398 g/mol. The Morgan fingerprint density at radius 2 is 1.45 bits per heavy atom. The third-order valence-corrected chi connectivity index (χ3v) is 5.84. The van der Waals surface area contributed by atoms with Crippen LogP contribution in [0.1, 0.15) is 72.4 Å². The van der Waals surface area contributed by atoms with E-state index in [0.717, 1.165) is 30.0 Å². The van der Waals surface area contributed by atoms with Crippen LogP contribution in [0, 0.1) is 0 Å². The molecule has 29 heavy (non-hydrogen) atoms. The van der Waals surface area contributed by atoms with Crippen LogP contribution in [-0.4, -0.2) is 33.7 Å². The van der Waals surface area contributed by atoms with Gasteiger partial charge in [0.2, 0.25) is 5.78 Å². The first kappa shape index (κ1) is 20.7. The minimum Gasteiger partial charge on any atom is -0.507 e. The van der Waals surface area contributed by atoms with Gasteiger partial charge >= 0.3 is 5.97 Å². The molecule has 154 valence electrons. The molecule has 0 fully saturated rings. The SMILES string of the molecule is CC1(C)CCC(C)(C)c2cc(C(=O)COc3ccc(C(=O)O)c(O)c3)c(O)cc21. The molecule has 0 atom stereocenters. The van der Waals surface area contributed by atoms with Crippen LogP contribution in [0.4, 0.5) is 0 Å². The first-order valence-electron chi connectivity index (χ1n) is 9.53. The van der Waals surface area contributed by atoms with Gasteiger partial charge in [0.1, 0.15) is 22.8 Å². The second-order valence-corrected chi connectivity index (χ2v) is 8.88. The van der Waals surface area contributed by atoms with Crippen molar-refractivity contribution in [2.45, 2.75) is 51.4 Å². The summed E-state index contributed by atoms with van der Waals surface area (Å²) < 4.78 is 5.42. The largest absolute Gasteiger partial charge is 0.507 e. The Morgan fingerprint density at radius 1 is 0.897 bits per heavy atom. The number of hydrogen-bond acceptors (Lipinski definition) is 5. The van der Waals surface area contributed by atoms with E-state index >= 15 is 0 Å². The molecule has 0 saturated heterocycles. The topological polar surface area (TPSA) is 104 Å². The number of fused-ring (bicyclic) bond motifs is 1. The van der Waals surface area contributed by atoms with Crippen molar-refractivity contribution < 1.29 is 29.6 Å². The van der Waals surface area contributed by atoms with Gasteiger partial charge in [-0.2, -0.15) is 0 Å². The molecule has 0 radical (unpaired) electrons. The van der Waals surface area contributed by atoms with Gasteiger partial charge in [-0.25, -0.2) is 4.79 Å². The molecule has 0 amide bonds. The minimum absolute atomic E-state index is 0.0767. The van der Waals surface area contributed by atoms with Crippen molar-refractivity contribution in [1.29, 1.82) is 0 Å². The highest BCUT2D eigenvalue weighted by Gasteiger charge is 2.38. The first-order chi connectivity index (χ1) is 13.4. The maximum atomic E-state index is 12.7. The maximum Gasteiger partial charge on any atom is 0.339 e. The van der Waals surface area contributed by atoms with Gasteiger partial charge in [0.15, 0.2) is 6.61 Å². The van der Waals surface area contributed by atoms with Gasteiger partial charge in [0.05, 0.1) is 5.56 Å². The van der Waals surface area contributed by atoms with Crippen molar-refractivity contribution in [3.8, 4) is 17.2 Å². The zero-order chi connectivity index (χ0) is 21.6. The molecule has 0 aliphatic heterocycles. The highest BCUT2D eigenvalue weighted by atomic mass is 16.5. The van der Waals surface area contributed by atoms with Crippen LogP contribution >= 0.6 is 0 Å². The van der Waals surface area contributed by atoms with Crippen molar-refractivity contribution in [2.75, 3.05) is 6.61 Å². The van der Waals surface area contributed by atoms with E-state index in [-0.39, 0.29) is 40.1 Å². The quantitative estimate of drug-likeness (QED) is 0.645. The summed E-state index contributed by atoms with van der Waals surface area (Å²) in [4.78, 5) is 23.7. The molecule has 0 aromatic heterocycles. The van der Waals surface area contributed by atoms with Crippen molar-refractivity contribution in [3.05, 3.63) is 52.6 Å². The summed E-state index contributed by atoms with van der Waals surface area (Å²) in [5.74, 6) is -2.00. The molecule has 0 saturated carbocycles. The van der Waals surface area contributed by atoms with Crippen LogP contribution in [0.2, 0.25) is 0 Å². The van der Waals surface area contributed by atoms with Gasteiger partial charge in [-0.05, 0) is 59.1 Å². The van der Waals surface area contributed by atoms with Gasteiger partial charge in [-0.3, -0.25) is 4.79 Å². The smallest absolute Gasteiger partial charge is 0.339 e. The van der Waals surface area contributed by atoms with Gasteiger partial charge in [0.25, 0.3) is 0 Å². The molecule has 6 nitrogen and oxygen atoms in total. The molecule has 3 N–H and O–H groups in total. The Kier molecular flexibility index (Phi) is 5.07. The predicted octanol–water partition coefficient (Wildman–Crippen LogP) is 4.41. The number of ether oxygens (including phenoxy) is 1. The number of aromatic hydroxyl groups is 2. The highest BCUT2D eigenvalue weighted by molar-refractivity contribution is 6.00. The Morgan fingerprint density at radius 3 is 2.00 bits per heavy atom. The number of phenolic OH excluding ortho intramolecular Hbond substituents is 1. The number of hydrogen-bond donors (Lipinski definition) is 3. The standard InChI is InChI=1S/C23H26O6/c1-22(2)7-8-23(3,4)17-11-19(25)15(10-16(17)22)20(26)12-29-13-5-6-14(21(27)28)18(24)9-13/h5-6,9-11,24-25H,7-8,12H2,1-4H3,(H,27,28). The first-order valence-corrected chi connectivity index (χ1v) is 9.53. The molecular formula is C23H26O6.